The first-order valence-electron chi connectivity index (χ1n) is 11.3. The van der Waals surface area contributed by atoms with E-state index in [1.165, 1.54) is 5.56 Å². The van der Waals surface area contributed by atoms with Gasteiger partial charge >= 0.3 is 0 Å². The molecular formula is C26H31N3O4. The third-order valence-electron chi connectivity index (χ3n) is 6.14. The van der Waals surface area contributed by atoms with Crippen LogP contribution in [0.3, 0.4) is 0 Å². The van der Waals surface area contributed by atoms with E-state index in [1.54, 1.807) is 14.2 Å². The SMILES string of the molecule is COc1ccc(-c2noc([C@@H]3CCCN(C(=O)c4ccc(C(C)(C)C)cc4)C3)n2)cc1OC. The maximum absolute atomic E-state index is 13.1. The lowest BCUT2D eigenvalue weighted by molar-refractivity contribution is 0.0695. The second kappa shape index (κ2) is 9.25. The van der Waals surface area contributed by atoms with Gasteiger partial charge in [-0.1, -0.05) is 38.1 Å². The van der Waals surface area contributed by atoms with E-state index in [0.717, 1.165) is 24.9 Å². The van der Waals surface area contributed by atoms with Gasteiger partial charge in [-0.3, -0.25) is 4.79 Å². The predicted octanol–water partition coefficient (Wildman–Crippen LogP) is 5.07. The summed E-state index contributed by atoms with van der Waals surface area (Å²) in [5, 5.41) is 4.17. The van der Waals surface area contributed by atoms with Gasteiger partial charge < -0.3 is 18.9 Å². The van der Waals surface area contributed by atoms with Crippen LogP contribution in [0.25, 0.3) is 11.4 Å². The smallest absolute Gasteiger partial charge is 0.253 e. The van der Waals surface area contributed by atoms with Crippen molar-refractivity contribution < 1.29 is 18.8 Å². The normalized spacial score (nSPS) is 16.5. The fraction of sp³-hybridized carbons (Fsp3) is 0.423. The Morgan fingerprint density at radius 1 is 1.06 bits per heavy atom. The van der Waals surface area contributed by atoms with Crippen LogP contribution < -0.4 is 9.47 Å². The number of rotatable bonds is 5. The van der Waals surface area contributed by atoms with Gasteiger partial charge in [0.05, 0.1) is 20.1 Å². The molecule has 7 heteroatoms. The lowest BCUT2D eigenvalue weighted by Gasteiger charge is -2.31. The van der Waals surface area contributed by atoms with Gasteiger partial charge in [0.15, 0.2) is 11.5 Å². The maximum atomic E-state index is 13.1. The van der Waals surface area contributed by atoms with Crippen molar-refractivity contribution in [2.24, 2.45) is 0 Å². The van der Waals surface area contributed by atoms with Crippen molar-refractivity contribution in [1.29, 1.82) is 0 Å². The van der Waals surface area contributed by atoms with Gasteiger partial charge in [-0.25, -0.2) is 0 Å². The molecule has 174 valence electrons. The van der Waals surface area contributed by atoms with Crippen molar-refractivity contribution in [3.63, 3.8) is 0 Å². The summed E-state index contributed by atoms with van der Waals surface area (Å²) in [7, 11) is 3.19. The number of amides is 1. The van der Waals surface area contributed by atoms with Gasteiger partial charge in [0.2, 0.25) is 11.7 Å². The standard InChI is InChI=1S/C26H31N3O4/c1-26(2,3)20-11-8-17(9-12-20)25(30)29-14-6-7-19(16-29)24-27-23(28-33-24)18-10-13-21(31-4)22(15-18)32-5/h8-13,15,19H,6-7,14,16H2,1-5H3/t19-/m1/s1. The summed E-state index contributed by atoms with van der Waals surface area (Å²) in [5.41, 5.74) is 2.76. The van der Waals surface area contributed by atoms with E-state index in [1.807, 2.05) is 47.4 Å². The second-order valence-electron chi connectivity index (χ2n) is 9.44. The van der Waals surface area contributed by atoms with Crippen molar-refractivity contribution in [2.75, 3.05) is 27.3 Å². The van der Waals surface area contributed by atoms with Crippen molar-refractivity contribution in [3.05, 3.63) is 59.5 Å². The highest BCUT2D eigenvalue weighted by Gasteiger charge is 2.29. The van der Waals surface area contributed by atoms with Crippen LogP contribution in [0.1, 0.15) is 61.3 Å². The molecule has 1 atom stereocenters. The average Bonchev–Trinajstić information content (AvgIpc) is 3.33. The largest absolute Gasteiger partial charge is 0.493 e. The first-order chi connectivity index (χ1) is 15.8. The molecule has 0 aliphatic carbocycles. The summed E-state index contributed by atoms with van der Waals surface area (Å²) < 4.78 is 16.3. The molecule has 1 aliphatic rings. The van der Waals surface area contributed by atoms with E-state index >= 15 is 0 Å². The first kappa shape index (κ1) is 22.8. The minimum absolute atomic E-state index is 0.0120. The van der Waals surface area contributed by atoms with Crippen LogP contribution in [0.4, 0.5) is 0 Å². The lowest BCUT2D eigenvalue weighted by Crippen LogP contribution is -2.39. The zero-order valence-electron chi connectivity index (χ0n) is 19.9. The molecule has 0 radical (unpaired) electrons. The number of ether oxygens (including phenoxy) is 2. The summed E-state index contributed by atoms with van der Waals surface area (Å²) >= 11 is 0. The molecule has 0 spiro atoms. The van der Waals surface area contributed by atoms with Crippen molar-refractivity contribution >= 4 is 5.91 Å². The molecule has 1 aliphatic heterocycles. The Hall–Kier alpha value is -3.35. The number of hydrogen-bond acceptors (Lipinski definition) is 6. The average molecular weight is 450 g/mol. The van der Waals surface area contributed by atoms with E-state index in [0.29, 0.717) is 35.3 Å². The molecular weight excluding hydrogens is 418 g/mol. The summed E-state index contributed by atoms with van der Waals surface area (Å²) in [4.78, 5) is 19.6. The Labute approximate surface area is 194 Å². The third-order valence-corrected chi connectivity index (χ3v) is 6.14. The Morgan fingerprint density at radius 2 is 1.79 bits per heavy atom. The minimum atomic E-state index is 0.0120. The van der Waals surface area contributed by atoms with Crippen LogP contribution in [-0.4, -0.2) is 48.3 Å². The molecule has 0 N–H and O–H groups in total. The van der Waals surface area contributed by atoms with Gasteiger partial charge in [-0.2, -0.15) is 4.98 Å². The van der Waals surface area contributed by atoms with Gasteiger partial charge in [-0.15, -0.1) is 0 Å². The van der Waals surface area contributed by atoms with E-state index in [9.17, 15) is 4.79 Å². The first-order valence-corrected chi connectivity index (χ1v) is 11.3. The van der Waals surface area contributed by atoms with Crippen molar-refractivity contribution in [2.45, 2.75) is 44.9 Å². The molecule has 33 heavy (non-hydrogen) atoms. The molecule has 1 fully saturated rings. The van der Waals surface area contributed by atoms with Crippen LogP contribution in [0.5, 0.6) is 11.5 Å². The number of likely N-dealkylation sites (tertiary alicyclic amines) is 1. The summed E-state index contributed by atoms with van der Waals surface area (Å²) in [6, 6.07) is 13.4. The van der Waals surface area contributed by atoms with Crippen LogP contribution in [0, 0.1) is 0 Å². The number of hydrogen-bond donors (Lipinski definition) is 0. The number of methoxy groups -OCH3 is 2. The fourth-order valence-corrected chi connectivity index (χ4v) is 4.15. The molecule has 2 heterocycles. The Balaban J connectivity index is 1.48. The molecule has 1 aromatic heterocycles. The molecule has 3 aromatic rings. The Kier molecular flexibility index (Phi) is 6.40. The number of aromatic nitrogens is 2. The molecule has 0 bridgehead atoms. The molecule has 0 unspecified atom stereocenters. The monoisotopic (exact) mass is 449 g/mol. The van der Waals surface area contributed by atoms with Crippen LogP contribution >= 0.6 is 0 Å². The highest BCUT2D eigenvalue weighted by atomic mass is 16.5. The predicted molar refractivity (Wildman–Crippen MR) is 126 cm³/mol. The number of carbonyl (C=O) groups is 1. The van der Waals surface area contributed by atoms with E-state index < -0.39 is 0 Å². The Morgan fingerprint density at radius 3 is 2.45 bits per heavy atom. The lowest BCUT2D eigenvalue weighted by atomic mass is 9.86. The number of benzene rings is 2. The van der Waals surface area contributed by atoms with Crippen molar-refractivity contribution in [3.8, 4) is 22.9 Å². The van der Waals surface area contributed by atoms with Gasteiger partial charge in [0.1, 0.15) is 0 Å². The van der Waals surface area contributed by atoms with Gasteiger partial charge in [-0.05, 0) is 54.2 Å². The summed E-state index contributed by atoms with van der Waals surface area (Å²) in [6.45, 7) is 7.79. The second-order valence-corrected chi connectivity index (χ2v) is 9.44. The molecule has 1 amide bonds. The summed E-state index contributed by atoms with van der Waals surface area (Å²) in [5.74, 6) is 2.35. The van der Waals surface area contributed by atoms with Crippen molar-refractivity contribution in [1.82, 2.24) is 15.0 Å². The fourth-order valence-electron chi connectivity index (χ4n) is 4.15. The molecule has 7 nitrogen and oxygen atoms in total. The van der Waals surface area contributed by atoms with Gasteiger partial charge in [0.25, 0.3) is 5.91 Å². The molecule has 1 saturated heterocycles. The maximum Gasteiger partial charge on any atom is 0.253 e. The molecule has 4 rings (SSSR count). The number of carbonyl (C=O) groups excluding carboxylic acids is 1. The van der Waals surface area contributed by atoms with E-state index in [-0.39, 0.29) is 17.2 Å². The molecule has 2 aromatic carbocycles. The topological polar surface area (TPSA) is 77.7 Å². The third kappa shape index (κ3) is 4.87. The Bertz CT molecular complexity index is 1120. The van der Waals surface area contributed by atoms with Gasteiger partial charge in [0, 0.05) is 24.2 Å². The summed E-state index contributed by atoms with van der Waals surface area (Å²) in [6.07, 6.45) is 1.80. The highest BCUT2D eigenvalue weighted by Crippen LogP contribution is 2.33. The zero-order valence-corrected chi connectivity index (χ0v) is 19.9. The van der Waals surface area contributed by atoms with Crippen LogP contribution in [-0.2, 0) is 5.41 Å². The van der Waals surface area contributed by atoms with E-state index in [4.69, 9.17) is 14.0 Å². The van der Waals surface area contributed by atoms with E-state index in [2.05, 4.69) is 30.9 Å². The number of piperidine rings is 1. The zero-order chi connectivity index (χ0) is 23.6. The quantitative estimate of drug-likeness (QED) is 0.541. The number of nitrogens with zero attached hydrogens (tertiary/aromatic N) is 3. The van der Waals surface area contributed by atoms with Crippen LogP contribution in [0.2, 0.25) is 0 Å². The highest BCUT2D eigenvalue weighted by molar-refractivity contribution is 5.94. The minimum Gasteiger partial charge on any atom is -0.493 e. The molecule has 0 saturated carbocycles. The van der Waals surface area contributed by atoms with Crippen LogP contribution in [0.15, 0.2) is 47.0 Å².